The van der Waals surface area contributed by atoms with Crippen molar-refractivity contribution >= 4 is 43.5 Å². The molecule has 20 heavy (non-hydrogen) atoms. The topological polar surface area (TPSA) is 38.3 Å². The lowest BCUT2D eigenvalue weighted by Crippen LogP contribution is -2.13. The van der Waals surface area contributed by atoms with Crippen molar-refractivity contribution in [2.45, 2.75) is 0 Å². The molecule has 0 aliphatic rings. The van der Waals surface area contributed by atoms with Gasteiger partial charge in [-0.05, 0) is 56.1 Å². The molecule has 0 aromatic heterocycles. The summed E-state index contributed by atoms with van der Waals surface area (Å²) < 4.78 is 19.9. The molecule has 0 saturated heterocycles. The fraction of sp³-hybridized carbons (Fsp3) is 0.0714. The van der Waals surface area contributed by atoms with Crippen molar-refractivity contribution in [3.8, 4) is 5.75 Å². The summed E-state index contributed by atoms with van der Waals surface area (Å²) in [4.78, 5) is 12.1. The van der Waals surface area contributed by atoms with Crippen LogP contribution < -0.4 is 10.1 Å². The molecule has 104 valence electrons. The quantitative estimate of drug-likeness (QED) is 0.813. The highest BCUT2D eigenvalue weighted by Crippen LogP contribution is 2.34. The summed E-state index contributed by atoms with van der Waals surface area (Å²) in [6.45, 7) is 0. The number of anilines is 1. The molecule has 0 aliphatic carbocycles. The highest BCUT2D eigenvalue weighted by molar-refractivity contribution is 9.11. The second-order valence-corrected chi connectivity index (χ2v) is 5.62. The zero-order valence-corrected chi connectivity index (χ0v) is 13.6. The smallest absolute Gasteiger partial charge is 0.255 e. The van der Waals surface area contributed by atoms with Crippen LogP contribution in [-0.2, 0) is 0 Å². The van der Waals surface area contributed by atoms with Gasteiger partial charge in [-0.15, -0.1) is 0 Å². The van der Waals surface area contributed by atoms with Crippen molar-refractivity contribution in [1.29, 1.82) is 0 Å². The Kier molecular flexibility index (Phi) is 4.77. The van der Waals surface area contributed by atoms with Crippen LogP contribution in [0.15, 0.2) is 45.3 Å². The number of nitrogens with one attached hydrogen (secondary N) is 1. The molecule has 1 N–H and O–H groups in total. The average Bonchev–Trinajstić information content (AvgIpc) is 2.41. The number of halogens is 3. The van der Waals surface area contributed by atoms with Gasteiger partial charge in [0.2, 0.25) is 0 Å². The fourth-order valence-corrected chi connectivity index (χ4v) is 3.15. The van der Waals surface area contributed by atoms with E-state index in [4.69, 9.17) is 4.74 Å². The predicted octanol–water partition coefficient (Wildman–Crippen LogP) is 4.61. The van der Waals surface area contributed by atoms with Gasteiger partial charge in [-0.3, -0.25) is 4.79 Å². The van der Waals surface area contributed by atoms with E-state index in [2.05, 4.69) is 37.2 Å². The number of hydrogen-bond acceptors (Lipinski definition) is 2. The molecule has 0 saturated carbocycles. The summed E-state index contributed by atoms with van der Waals surface area (Å²) >= 11 is 6.63. The summed E-state index contributed by atoms with van der Waals surface area (Å²) in [6, 6.07) is 9.22. The largest absolute Gasteiger partial charge is 0.494 e. The first-order chi connectivity index (χ1) is 9.52. The lowest BCUT2D eigenvalue weighted by Gasteiger charge is -2.10. The Balaban J connectivity index is 2.29. The van der Waals surface area contributed by atoms with E-state index in [1.54, 1.807) is 24.3 Å². The van der Waals surface area contributed by atoms with Crippen LogP contribution in [0.25, 0.3) is 0 Å². The molecule has 0 spiro atoms. The van der Waals surface area contributed by atoms with Gasteiger partial charge in [-0.1, -0.05) is 12.1 Å². The maximum absolute atomic E-state index is 13.5. The number of ether oxygens (including phenoxy) is 1. The summed E-state index contributed by atoms with van der Waals surface area (Å²) in [6.07, 6.45) is 0. The van der Waals surface area contributed by atoms with Crippen LogP contribution in [0.4, 0.5) is 10.1 Å². The summed E-state index contributed by atoms with van der Waals surface area (Å²) in [5.74, 6) is -0.293. The standard InChI is InChI=1S/C14H10Br2FNO2/c1-20-13-9(15)6-8(7-10(13)16)14(19)18-12-5-3-2-4-11(12)17/h2-7H,1H3,(H,18,19). The molecule has 6 heteroatoms. The van der Waals surface area contributed by atoms with E-state index < -0.39 is 11.7 Å². The SMILES string of the molecule is COc1c(Br)cc(C(=O)Nc2ccccc2F)cc1Br. The number of carbonyl (C=O) groups is 1. The summed E-state index contributed by atoms with van der Waals surface area (Å²) in [5, 5.41) is 2.52. The third-order valence-corrected chi connectivity index (χ3v) is 3.76. The van der Waals surface area contributed by atoms with Crippen LogP contribution in [0.1, 0.15) is 10.4 Å². The van der Waals surface area contributed by atoms with E-state index >= 15 is 0 Å². The van der Waals surface area contributed by atoms with Crippen LogP contribution in [0, 0.1) is 5.82 Å². The Morgan fingerprint density at radius 2 is 1.80 bits per heavy atom. The molecule has 2 aromatic rings. The molecule has 0 radical (unpaired) electrons. The third-order valence-electron chi connectivity index (χ3n) is 2.59. The van der Waals surface area contributed by atoms with E-state index in [1.807, 2.05) is 0 Å². The Hall–Kier alpha value is -1.40. The van der Waals surface area contributed by atoms with Gasteiger partial charge in [-0.2, -0.15) is 0 Å². The van der Waals surface area contributed by atoms with Crippen molar-refractivity contribution < 1.29 is 13.9 Å². The molecule has 1 amide bonds. The second-order valence-electron chi connectivity index (χ2n) is 3.91. The molecule has 0 aliphatic heterocycles. The molecule has 0 bridgehead atoms. The van der Waals surface area contributed by atoms with Crippen molar-refractivity contribution in [2.24, 2.45) is 0 Å². The van der Waals surface area contributed by atoms with Gasteiger partial charge in [0.05, 0.1) is 21.7 Å². The minimum atomic E-state index is -0.479. The van der Waals surface area contributed by atoms with Crippen LogP contribution in [0.3, 0.4) is 0 Å². The first kappa shape index (κ1) is 15.0. The molecule has 2 rings (SSSR count). The Morgan fingerprint density at radius 1 is 1.20 bits per heavy atom. The predicted molar refractivity (Wildman–Crippen MR) is 82.7 cm³/mol. The third kappa shape index (κ3) is 3.19. The van der Waals surface area contributed by atoms with Crippen molar-refractivity contribution in [3.05, 3.63) is 56.7 Å². The number of carbonyl (C=O) groups excluding carboxylic acids is 1. The lowest BCUT2D eigenvalue weighted by atomic mass is 10.2. The second kappa shape index (κ2) is 6.37. The number of rotatable bonds is 3. The van der Waals surface area contributed by atoms with Gasteiger partial charge in [0, 0.05) is 5.56 Å². The average molecular weight is 403 g/mol. The molecule has 0 unspecified atom stereocenters. The van der Waals surface area contributed by atoms with Crippen molar-refractivity contribution in [3.63, 3.8) is 0 Å². The van der Waals surface area contributed by atoms with E-state index in [-0.39, 0.29) is 5.69 Å². The van der Waals surface area contributed by atoms with Gasteiger partial charge in [-0.25, -0.2) is 4.39 Å². The highest BCUT2D eigenvalue weighted by atomic mass is 79.9. The van der Waals surface area contributed by atoms with Gasteiger partial charge in [0.1, 0.15) is 11.6 Å². The van der Waals surface area contributed by atoms with E-state index in [0.717, 1.165) is 0 Å². The minimum Gasteiger partial charge on any atom is -0.494 e. The summed E-state index contributed by atoms with van der Waals surface area (Å²) in [5.41, 5.74) is 0.522. The highest BCUT2D eigenvalue weighted by Gasteiger charge is 2.14. The Morgan fingerprint density at radius 3 is 2.35 bits per heavy atom. The van der Waals surface area contributed by atoms with Gasteiger partial charge in [0.15, 0.2) is 0 Å². The molecule has 0 heterocycles. The molecular formula is C14H10Br2FNO2. The zero-order valence-electron chi connectivity index (χ0n) is 10.4. The monoisotopic (exact) mass is 401 g/mol. The number of benzene rings is 2. The van der Waals surface area contributed by atoms with E-state index in [9.17, 15) is 9.18 Å². The Labute approximate surface area is 132 Å². The molecule has 0 fully saturated rings. The minimum absolute atomic E-state index is 0.139. The normalized spacial score (nSPS) is 10.2. The maximum atomic E-state index is 13.5. The number of methoxy groups -OCH3 is 1. The summed E-state index contributed by atoms with van der Waals surface area (Å²) in [7, 11) is 1.53. The molecule has 3 nitrogen and oxygen atoms in total. The lowest BCUT2D eigenvalue weighted by molar-refractivity contribution is 0.102. The molecule has 2 aromatic carbocycles. The van der Waals surface area contributed by atoms with Crippen LogP contribution in [0.2, 0.25) is 0 Å². The Bertz CT molecular complexity index is 638. The van der Waals surface area contributed by atoms with E-state index in [1.165, 1.54) is 19.2 Å². The zero-order chi connectivity index (χ0) is 14.7. The fourth-order valence-electron chi connectivity index (χ4n) is 1.64. The van der Waals surface area contributed by atoms with E-state index in [0.29, 0.717) is 20.3 Å². The van der Waals surface area contributed by atoms with Crippen LogP contribution in [-0.4, -0.2) is 13.0 Å². The number of amides is 1. The van der Waals surface area contributed by atoms with Crippen LogP contribution >= 0.6 is 31.9 Å². The number of para-hydroxylation sites is 1. The first-order valence-corrected chi connectivity index (χ1v) is 7.20. The van der Waals surface area contributed by atoms with Crippen molar-refractivity contribution in [1.82, 2.24) is 0 Å². The molecular weight excluding hydrogens is 393 g/mol. The van der Waals surface area contributed by atoms with Gasteiger partial charge < -0.3 is 10.1 Å². The number of hydrogen-bond donors (Lipinski definition) is 1. The van der Waals surface area contributed by atoms with Gasteiger partial charge >= 0.3 is 0 Å². The maximum Gasteiger partial charge on any atom is 0.255 e. The van der Waals surface area contributed by atoms with Crippen LogP contribution in [0.5, 0.6) is 5.75 Å². The first-order valence-electron chi connectivity index (χ1n) is 5.62. The molecule has 0 atom stereocenters. The van der Waals surface area contributed by atoms with Gasteiger partial charge in [0.25, 0.3) is 5.91 Å². The van der Waals surface area contributed by atoms with Crippen molar-refractivity contribution in [2.75, 3.05) is 12.4 Å².